The number of pyridine rings is 1. The SMILES string of the molecule is CCCNc1ccc(NC(=O)c2ccc(Cl)cc2)nc1. The highest BCUT2D eigenvalue weighted by Gasteiger charge is 2.06. The molecule has 104 valence electrons. The molecule has 0 spiro atoms. The van der Waals surface area contributed by atoms with Gasteiger partial charge in [0.15, 0.2) is 0 Å². The minimum atomic E-state index is -0.205. The van der Waals surface area contributed by atoms with Gasteiger partial charge in [0.25, 0.3) is 5.91 Å². The van der Waals surface area contributed by atoms with E-state index < -0.39 is 0 Å². The zero-order valence-corrected chi connectivity index (χ0v) is 11.9. The summed E-state index contributed by atoms with van der Waals surface area (Å²) >= 11 is 5.78. The molecule has 0 unspecified atom stereocenters. The van der Waals surface area contributed by atoms with Crippen molar-refractivity contribution in [3.05, 3.63) is 53.2 Å². The number of carbonyl (C=O) groups is 1. The molecule has 0 fully saturated rings. The summed E-state index contributed by atoms with van der Waals surface area (Å²) in [6.07, 6.45) is 2.75. The Morgan fingerprint density at radius 3 is 2.55 bits per heavy atom. The number of benzene rings is 1. The third kappa shape index (κ3) is 3.96. The van der Waals surface area contributed by atoms with Crippen LogP contribution in [0.5, 0.6) is 0 Å². The minimum absolute atomic E-state index is 0.205. The maximum atomic E-state index is 12.0. The molecular weight excluding hydrogens is 274 g/mol. The highest BCUT2D eigenvalue weighted by Crippen LogP contribution is 2.13. The van der Waals surface area contributed by atoms with Crippen LogP contribution in [0.3, 0.4) is 0 Å². The van der Waals surface area contributed by atoms with E-state index in [1.165, 1.54) is 0 Å². The van der Waals surface area contributed by atoms with Crippen molar-refractivity contribution >= 4 is 29.0 Å². The Balaban J connectivity index is 1.99. The van der Waals surface area contributed by atoms with Crippen LogP contribution < -0.4 is 10.6 Å². The first-order valence-corrected chi connectivity index (χ1v) is 6.83. The molecule has 1 aromatic heterocycles. The normalized spacial score (nSPS) is 10.1. The van der Waals surface area contributed by atoms with E-state index in [2.05, 4.69) is 22.5 Å². The van der Waals surface area contributed by atoms with E-state index >= 15 is 0 Å². The Hall–Kier alpha value is -2.07. The van der Waals surface area contributed by atoms with Gasteiger partial charge in [-0.15, -0.1) is 0 Å². The van der Waals surface area contributed by atoms with Crippen LogP contribution in [-0.2, 0) is 0 Å². The number of nitrogens with one attached hydrogen (secondary N) is 2. The van der Waals surface area contributed by atoms with E-state index in [-0.39, 0.29) is 5.91 Å². The second kappa shape index (κ2) is 6.91. The molecule has 0 saturated carbocycles. The average molecular weight is 290 g/mol. The fourth-order valence-corrected chi connectivity index (χ4v) is 1.76. The van der Waals surface area contributed by atoms with Crippen LogP contribution in [0.15, 0.2) is 42.6 Å². The van der Waals surface area contributed by atoms with Gasteiger partial charge in [-0.1, -0.05) is 18.5 Å². The molecule has 4 nitrogen and oxygen atoms in total. The first-order chi connectivity index (χ1) is 9.69. The summed E-state index contributed by atoms with van der Waals surface area (Å²) in [4.78, 5) is 16.2. The predicted octanol–water partition coefficient (Wildman–Crippen LogP) is 3.81. The highest BCUT2D eigenvalue weighted by atomic mass is 35.5. The Bertz CT molecular complexity index is 567. The van der Waals surface area contributed by atoms with E-state index in [9.17, 15) is 4.79 Å². The first-order valence-electron chi connectivity index (χ1n) is 6.46. The summed E-state index contributed by atoms with van der Waals surface area (Å²) < 4.78 is 0. The van der Waals surface area contributed by atoms with Gasteiger partial charge >= 0.3 is 0 Å². The fraction of sp³-hybridized carbons (Fsp3) is 0.200. The Morgan fingerprint density at radius 1 is 1.20 bits per heavy atom. The van der Waals surface area contributed by atoms with Crippen molar-refractivity contribution in [3.63, 3.8) is 0 Å². The van der Waals surface area contributed by atoms with E-state index in [4.69, 9.17) is 11.6 Å². The molecule has 2 rings (SSSR count). The second-order valence-corrected chi connectivity index (χ2v) is 4.76. The topological polar surface area (TPSA) is 54.0 Å². The highest BCUT2D eigenvalue weighted by molar-refractivity contribution is 6.30. The van der Waals surface area contributed by atoms with Gasteiger partial charge in [-0.25, -0.2) is 4.98 Å². The van der Waals surface area contributed by atoms with Crippen LogP contribution in [-0.4, -0.2) is 17.4 Å². The minimum Gasteiger partial charge on any atom is -0.384 e. The number of aromatic nitrogens is 1. The largest absolute Gasteiger partial charge is 0.384 e. The van der Waals surface area contributed by atoms with Crippen LogP contribution in [0.2, 0.25) is 5.02 Å². The second-order valence-electron chi connectivity index (χ2n) is 4.32. The first kappa shape index (κ1) is 14.3. The molecule has 0 radical (unpaired) electrons. The molecule has 0 atom stereocenters. The number of hydrogen-bond donors (Lipinski definition) is 2. The molecule has 0 bridgehead atoms. The number of anilines is 2. The zero-order chi connectivity index (χ0) is 14.4. The molecule has 1 heterocycles. The summed E-state index contributed by atoms with van der Waals surface area (Å²) in [5, 5.41) is 6.57. The lowest BCUT2D eigenvalue weighted by Crippen LogP contribution is -2.12. The third-order valence-corrected chi connectivity index (χ3v) is 2.94. The van der Waals surface area contributed by atoms with E-state index in [1.54, 1.807) is 36.5 Å². The predicted molar refractivity (Wildman–Crippen MR) is 82.4 cm³/mol. The molecule has 1 aromatic carbocycles. The van der Waals surface area contributed by atoms with E-state index in [0.29, 0.717) is 16.4 Å². The zero-order valence-electron chi connectivity index (χ0n) is 11.2. The molecule has 5 heteroatoms. The van der Waals surface area contributed by atoms with Gasteiger partial charge in [-0.3, -0.25) is 4.79 Å². The van der Waals surface area contributed by atoms with Crippen LogP contribution in [0.25, 0.3) is 0 Å². The molecule has 0 saturated heterocycles. The quantitative estimate of drug-likeness (QED) is 0.880. The Morgan fingerprint density at radius 2 is 1.95 bits per heavy atom. The number of hydrogen-bond acceptors (Lipinski definition) is 3. The van der Waals surface area contributed by atoms with Gasteiger partial charge in [0.2, 0.25) is 0 Å². The number of carbonyl (C=O) groups excluding carboxylic acids is 1. The standard InChI is InChI=1S/C15H16ClN3O/c1-2-9-17-13-7-8-14(18-10-13)19-15(20)11-3-5-12(16)6-4-11/h3-8,10,17H,2,9H2,1H3,(H,18,19,20). The molecule has 0 aliphatic rings. The molecule has 2 N–H and O–H groups in total. The van der Waals surface area contributed by atoms with Crippen molar-refractivity contribution in [2.75, 3.05) is 17.2 Å². The van der Waals surface area contributed by atoms with Gasteiger partial charge in [-0.2, -0.15) is 0 Å². The molecule has 1 amide bonds. The summed E-state index contributed by atoms with van der Waals surface area (Å²) in [6.45, 7) is 3.00. The van der Waals surface area contributed by atoms with Crippen molar-refractivity contribution < 1.29 is 4.79 Å². The average Bonchev–Trinajstić information content (AvgIpc) is 2.47. The van der Waals surface area contributed by atoms with Gasteiger partial charge in [-0.05, 0) is 42.8 Å². The maximum Gasteiger partial charge on any atom is 0.256 e. The van der Waals surface area contributed by atoms with Crippen molar-refractivity contribution in [3.8, 4) is 0 Å². The Labute approximate surface area is 123 Å². The van der Waals surface area contributed by atoms with Crippen LogP contribution >= 0.6 is 11.6 Å². The van der Waals surface area contributed by atoms with Crippen molar-refractivity contribution in [1.29, 1.82) is 0 Å². The number of amides is 1. The van der Waals surface area contributed by atoms with Gasteiger partial charge in [0.05, 0.1) is 11.9 Å². The van der Waals surface area contributed by atoms with Crippen LogP contribution in [0.1, 0.15) is 23.7 Å². The maximum absolute atomic E-state index is 12.0. The molecule has 20 heavy (non-hydrogen) atoms. The third-order valence-electron chi connectivity index (χ3n) is 2.69. The van der Waals surface area contributed by atoms with Gasteiger partial charge in [0, 0.05) is 17.1 Å². The summed E-state index contributed by atoms with van der Waals surface area (Å²) in [5.74, 6) is 0.315. The Kier molecular flexibility index (Phi) is 4.96. The van der Waals surface area contributed by atoms with Gasteiger partial charge in [0.1, 0.15) is 5.82 Å². The number of halogens is 1. The van der Waals surface area contributed by atoms with E-state index in [0.717, 1.165) is 18.7 Å². The monoisotopic (exact) mass is 289 g/mol. The lowest BCUT2D eigenvalue weighted by Gasteiger charge is -2.07. The molecule has 0 aliphatic heterocycles. The lowest BCUT2D eigenvalue weighted by molar-refractivity contribution is 0.102. The number of rotatable bonds is 5. The summed E-state index contributed by atoms with van der Waals surface area (Å²) in [7, 11) is 0. The van der Waals surface area contributed by atoms with E-state index in [1.807, 2.05) is 6.07 Å². The fourth-order valence-electron chi connectivity index (χ4n) is 1.63. The summed E-state index contributed by atoms with van der Waals surface area (Å²) in [5.41, 5.74) is 1.49. The van der Waals surface area contributed by atoms with Crippen LogP contribution in [0, 0.1) is 0 Å². The smallest absolute Gasteiger partial charge is 0.256 e. The van der Waals surface area contributed by atoms with Crippen molar-refractivity contribution in [1.82, 2.24) is 4.98 Å². The molecular formula is C15H16ClN3O. The van der Waals surface area contributed by atoms with Crippen molar-refractivity contribution in [2.24, 2.45) is 0 Å². The van der Waals surface area contributed by atoms with Gasteiger partial charge < -0.3 is 10.6 Å². The number of nitrogens with zero attached hydrogens (tertiary/aromatic N) is 1. The lowest BCUT2D eigenvalue weighted by atomic mass is 10.2. The summed E-state index contributed by atoms with van der Waals surface area (Å²) in [6, 6.07) is 10.4. The molecule has 0 aliphatic carbocycles. The van der Waals surface area contributed by atoms with Crippen molar-refractivity contribution in [2.45, 2.75) is 13.3 Å². The molecule has 2 aromatic rings. The van der Waals surface area contributed by atoms with Crippen LogP contribution in [0.4, 0.5) is 11.5 Å².